The zero-order chi connectivity index (χ0) is 27.9. The summed E-state index contributed by atoms with van der Waals surface area (Å²) in [4.78, 5) is 43.5. The fourth-order valence-electron chi connectivity index (χ4n) is 4.22. The lowest BCUT2D eigenvalue weighted by atomic mass is 10.1. The van der Waals surface area contributed by atoms with E-state index in [0.29, 0.717) is 30.1 Å². The van der Waals surface area contributed by atoms with Crippen LogP contribution in [-0.2, 0) is 25.7 Å². The molecule has 1 amide bonds. The highest BCUT2D eigenvalue weighted by molar-refractivity contribution is 7.99. The minimum absolute atomic E-state index is 0.142. The number of methoxy groups -OCH3 is 1. The first-order chi connectivity index (χ1) is 18.8. The average molecular weight is 549 g/mol. The van der Waals surface area contributed by atoms with E-state index < -0.39 is 23.3 Å². The molecule has 0 saturated heterocycles. The standard InChI is InChI=1S/C30H32N2O6S/c1-20(33)38-27-28(22-10-13-24(36-4)14-11-22)39-26-15-12-23(30(35)37-19-21-8-6-5-7-9-21)18-25(26)32(29(27)34)17-16-31(2)3/h5-15,18,27-28H,16-17,19H2,1-4H3. The van der Waals surface area contributed by atoms with Crippen molar-refractivity contribution in [2.24, 2.45) is 0 Å². The van der Waals surface area contributed by atoms with Crippen LogP contribution in [0.4, 0.5) is 5.69 Å². The van der Waals surface area contributed by atoms with Crippen LogP contribution in [0.2, 0.25) is 0 Å². The lowest BCUT2D eigenvalue weighted by molar-refractivity contribution is -0.152. The molecule has 0 fully saturated rings. The minimum atomic E-state index is -1.07. The van der Waals surface area contributed by atoms with E-state index in [1.165, 1.54) is 18.7 Å². The summed E-state index contributed by atoms with van der Waals surface area (Å²) in [5.41, 5.74) is 2.60. The summed E-state index contributed by atoms with van der Waals surface area (Å²) < 4.78 is 16.5. The predicted octanol–water partition coefficient (Wildman–Crippen LogP) is 4.73. The third-order valence-corrected chi connectivity index (χ3v) is 7.62. The number of ether oxygens (including phenoxy) is 3. The zero-order valence-electron chi connectivity index (χ0n) is 22.5. The number of nitrogens with zero attached hydrogens (tertiary/aromatic N) is 2. The summed E-state index contributed by atoms with van der Waals surface area (Å²) in [6.45, 7) is 2.35. The molecule has 2 unspecified atom stereocenters. The van der Waals surface area contributed by atoms with Crippen molar-refractivity contribution in [3.63, 3.8) is 0 Å². The number of thioether (sulfide) groups is 1. The summed E-state index contributed by atoms with van der Waals surface area (Å²) in [5.74, 6) is -0.705. The van der Waals surface area contributed by atoms with E-state index in [9.17, 15) is 14.4 Å². The van der Waals surface area contributed by atoms with E-state index in [2.05, 4.69) is 0 Å². The van der Waals surface area contributed by atoms with E-state index in [1.54, 1.807) is 24.1 Å². The second kappa shape index (κ2) is 12.8. The Hall–Kier alpha value is -3.82. The number of rotatable bonds is 9. The summed E-state index contributed by atoms with van der Waals surface area (Å²) in [7, 11) is 5.42. The van der Waals surface area contributed by atoms with Gasteiger partial charge in [0.15, 0.2) is 6.10 Å². The van der Waals surface area contributed by atoms with Gasteiger partial charge >= 0.3 is 11.9 Å². The second-order valence-corrected chi connectivity index (χ2v) is 10.6. The Labute approximate surface area is 232 Å². The van der Waals surface area contributed by atoms with E-state index in [0.717, 1.165) is 16.0 Å². The molecule has 1 aliphatic rings. The van der Waals surface area contributed by atoms with Crippen LogP contribution in [0.15, 0.2) is 77.7 Å². The zero-order valence-corrected chi connectivity index (χ0v) is 23.3. The Morgan fingerprint density at radius 1 is 1.00 bits per heavy atom. The molecule has 204 valence electrons. The Morgan fingerprint density at radius 2 is 1.72 bits per heavy atom. The van der Waals surface area contributed by atoms with Crippen LogP contribution >= 0.6 is 11.8 Å². The van der Waals surface area contributed by atoms with Gasteiger partial charge in [0.2, 0.25) is 0 Å². The highest BCUT2D eigenvalue weighted by Crippen LogP contribution is 2.47. The SMILES string of the molecule is COc1ccc(C2Sc3ccc(C(=O)OCc4ccccc4)cc3N(CCN(C)C)C(=O)C2OC(C)=O)cc1. The number of amides is 1. The molecule has 1 heterocycles. The molecular weight excluding hydrogens is 516 g/mol. The number of anilines is 1. The van der Waals surface area contributed by atoms with E-state index in [1.807, 2.05) is 79.7 Å². The monoisotopic (exact) mass is 548 g/mol. The third kappa shape index (κ3) is 6.99. The lowest BCUT2D eigenvalue weighted by Crippen LogP contribution is -2.45. The van der Waals surface area contributed by atoms with Crippen molar-refractivity contribution in [2.75, 3.05) is 39.2 Å². The Balaban J connectivity index is 1.72. The van der Waals surface area contributed by atoms with Crippen molar-refractivity contribution in [1.82, 2.24) is 4.90 Å². The number of hydrogen-bond donors (Lipinski definition) is 0. The first-order valence-electron chi connectivity index (χ1n) is 12.6. The maximum Gasteiger partial charge on any atom is 0.338 e. The molecule has 0 N–H and O–H groups in total. The molecule has 9 heteroatoms. The van der Waals surface area contributed by atoms with E-state index in [4.69, 9.17) is 14.2 Å². The lowest BCUT2D eigenvalue weighted by Gasteiger charge is -2.28. The molecule has 3 aromatic carbocycles. The number of esters is 2. The third-order valence-electron chi connectivity index (χ3n) is 6.24. The molecule has 0 radical (unpaired) electrons. The van der Waals surface area contributed by atoms with Crippen molar-refractivity contribution < 1.29 is 28.6 Å². The highest BCUT2D eigenvalue weighted by Gasteiger charge is 2.41. The van der Waals surface area contributed by atoms with Crippen LogP contribution in [0, 0.1) is 0 Å². The molecular formula is C30H32N2O6S. The molecule has 1 aliphatic heterocycles. The van der Waals surface area contributed by atoms with Gasteiger partial charge in [0, 0.05) is 24.9 Å². The van der Waals surface area contributed by atoms with Crippen molar-refractivity contribution in [3.05, 3.63) is 89.5 Å². The van der Waals surface area contributed by atoms with Crippen LogP contribution in [0.25, 0.3) is 0 Å². The topological polar surface area (TPSA) is 85.4 Å². The van der Waals surface area contributed by atoms with Gasteiger partial charge in [0.05, 0.1) is 23.6 Å². The predicted molar refractivity (Wildman–Crippen MR) is 150 cm³/mol. The largest absolute Gasteiger partial charge is 0.497 e. The molecule has 3 aromatic rings. The normalized spacial score (nSPS) is 16.8. The van der Waals surface area contributed by atoms with Crippen molar-refractivity contribution in [2.45, 2.75) is 29.8 Å². The quantitative estimate of drug-likeness (QED) is 0.355. The van der Waals surface area contributed by atoms with Gasteiger partial charge in [0.25, 0.3) is 5.91 Å². The number of carbonyl (C=O) groups excluding carboxylic acids is 3. The molecule has 2 atom stereocenters. The molecule has 0 bridgehead atoms. The number of carbonyl (C=O) groups is 3. The number of likely N-dealkylation sites (N-methyl/N-ethyl adjacent to an activating group) is 1. The van der Waals surface area contributed by atoms with Gasteiger partial charge in [-0.05, 0) is 55.6 Å². The van der Waals surface area contributed by atoms with Crippen LogP contribution in [0.3, 0.4) is 0 Å². The van der Waals surface area contributed by atoms with Crippen molar-refractivity contribution in [3.8, 4) is 5.75 Å². The van der Waals surface area contributed by atoms with Crippen molar-refractivity contribution in [1.29, 1.82) is 0 Å². The van der Waals surface area contributed by atoms with Gasteiger partial charge in [0.1, 0.15) is 12.4 Å². The first-order valence-corrected chi connectivity index (χ1v) is 13.4. The number of hydrogen-bond acceptors (Lipinski definition) is 8. The Morgan fingerprint density at radius 3 is 2.36 bits per heavy atom. The maximum absolute atomic E-state index is 14.0. The Bertz CT molecular complexity index is 1310. The summed E-state index contributed by atoms with van der Waals surface area (Å²) in [5, 5.41) is -0.508. The summed E-state index contributed by atoms with van der Waals surface area (Å²) in [6.07, 6.45) is -1.07. The van der Waals surface area contributed by atoms with E-state index >= 15 is 0 Å². The van der Waals surface area contributed by atoms with Gasteiger partial charge in [-0.3, -0.25) is 9.59 Å². The molecule has 0 aliphatic carbocycles. The summed E-state index contributed by atoms with van der Waals surface area (Å²) >= 11 is 1.42. The molecule has 39 heavy (non-hydrogen) atoms. The van der Waals surface area contributed by atoms with Gasteiger partial charge in [-0.2, -0.15) is 0 Å². The minimum Gasteiger partial charge on any atom is -0.497 e. The van der Waals surface area contributed by atoms with Gasteiger partial charge < -0.3 is 24.0 Å². The highest BCUT2D eigenvalue weighted by atomic mass is 32.2. The number of benzene rings is 3. The van der Waals surface area contributed by atoms with Crippen molar-refractivity contribution >= 4 is 35.3 Å². The fourth-order valence-corrected chi connectivity index (χ4v) is 5.52. The number of fused-ring (bicyclic) bond motifs is 1. The van der Waals surface area contributed by atoms with Crippen LogP contribution < -0.4 is 9.64 Å². The molecule has 0 saturated carbocycles. The van der Waals surface area contributed by atoms with Crippen LogP contribution in [0.5, 0.6) is 5.75 Å². The van der Waals surface area contributed by atoms with Gasteiger partial charge in [-0.1, -0.05) is 42.5 Å². The molecule has 0 aromatic heterocycles. The fraction of sp³-hybridized carbons (Fsp3) is 0.300. The molecule has 0 spiro atoms. The second-order valence-electron chi connectivity index (χ2n) is 9.38. The van der Waals surface area contributed by atoms with E-state index in [-0.39, 0.29) is 12.5 Å². The van der Waals surface area contributed by atoms with Gasteiger partial charge in [-0.25, -0.2) is 4.79 Å². The van der Waals surface area contributed by atoms with Crippen LogP contribution in [0.1, 0.15) is 33.7 Å². The smallest absolute Gasteiger partial charge is 0.338 e. The maximum atomic E-state index is 14.0. The molecule has 8 nitrogen and oxygen atoms in total. The first kappa shape index (κ1) is 28.2. The Kier molecular flexibility index (Phi) is 9.27. The molecule has 4 rings (SSSR count). The average Bonchev–Trinajstić information content (AvgIpc) is 3.04. The van der Waals surface area contributed by atoms with Crippen LogP contribution in [-0.4, -0.2) is 63.1 Å². The van der Waals surface area contributed by atoms with Gasteiger partial charge in [-0.15, -0.1) is 11.8 Å². The summed E-state index contributed by atoms with van der Waals surface area (Å²) in [6, 6.07) is 22.0.